The molecule has 4 amide bonds. The minimum Gasteiger partial charge on any atom is -0.348 e. The average Bonchev–Trinajstić information content (AvgIpc) is 3.61. The molecule has 0 bridgehead atoms. The van der Waals surface area contributed by atoms with Gasteiger partial charge in [0, 0.05) is 43.5 Å². The third kappa shape index (κ3) is 3.19. The lowest BCUT2D eigenvalue weighted by Gasteiger charge is -2.53. The largest absolute Gasteiger partial charge is 0.348 e. The minimum atomic E-state index is -0.666. The fraction of sp³-hybridized carbons (Fsp3) is 0.385. The van der Waals surface area contributed by atoms with Crippen LogP contribution in [0.5, 0.6) is 0 Å². The number of carbonyl (C=O) groups excluding carboxylic acids is 4. The van der Waals surface area contributed by atoms with Crippen LogP contribution in [0.1, 0.15) is 64.2 Å². The highest BCUT2D eigenvalue weighted by atomic mass is 16.2. The number of nitrogens with zero attached hydrogens (tertiary/aromatic N) is 6. The zero-order valence-electron chi connectivity index (χ0n) is 20.1. The number of piperidine rings is 1. The van der Waals surface area contributed by atoms with E-state index in [4.69, 9.17) is 0 Å². The SMILES string of the molecule is O=C1CCC(N2Cc3cc(-n4cc(C(=O)N5CCn6cccc6C56CCC6)nn4)ccc3C2=O)C(=O)N1. The maximum absolute atomic E-state index is 13.6. The van der Waals surface area contributed by atoms with Crippen molar-refractivity contribution < 1.29 is 19.2 Å². The molecule has 2 fully saturated rings. The van der Waals surface area contributed by atoms with Gasteiger partial charge in [-0.3, -0.25) is 24.5 Å². The Morgan fingerprint density at radius 2 is 1.97 bits per heavy atom. The molecule has 5 heterocycles. The zero-order valence-corrected chi connectivity index (χ0v) is 20.1. The van der Waals surface area contributed by atoms with Crippen LogP contribution in [-0.2, 0) is 28.2 Å². The lowest BCUT2D eigenvalue weighted by molar-refractivity contribution is -0.136. The van der Waals surface area contributed by atoms with Crippen LogP contribution in [0.2, 0.25) is 0 Å². The van der Waals surface area contributed by atoms with Gasteiger partial charge in [0.2, 0.25) is 11.8 Å². The molecule has 11 nitrogen and oxygen atoms in total. The number of hydrogen-bond donors (Lipinski definition) is 1. The molecule has 0 radical (unpaired) electrons. The predicted octanol–water partition coefficient (Wildman–Crippen LogP) is 1.36. The summed E-state index contributed by atoms with van der Waals surface area (Å²) >= 11 is 0. The van der Waals surface area contributed by atoms with E-state index in [1.165, 1.54) is 10.6 Å². The third-order valence-corrected chi connectivity index (χ3v) is 8.30. The summed E-state index contributed by atoms with van der Waals surface area (Å²) in [6.07, 6.45) is 7.21. The van der Waals surface area contributed by atoms with E-state index < -0.39 is 11.9 Å². The van der Waals surface area contributed by atoms with Crippen molar-refractivity contribution in [3.63, 3.8) is 0 Å². The monoisotopic (exact) mass is 499 g/mol. The molecule has 1 aliphatic carbocycles. The van der Waals surface area contributed by atoms with Gasteiger partial charge in [0.05, 0.1) is 17.4 Å². The Bertz CT molecular complexity index is 1480. The molecule has 4 aliphatic rings. The number of hydrogen-bond acceptors (Lipinski definition) is 6. The van der Waals surface area contributed by atoms with Crippen molar-refractivity contribution in [1.82, 2.24) is 34.7 Å². The van der Waals surface area contributed by atoms with Gasteiger partial charge in [-0.1, -0.05) is 5.21 Å². The van der Waals surface area contributed by atoms with Gasteiger partial charge in [-0.25, -0.2) is 4.68 Å². The molecule has 1 spiro atoms. The average molecular weight is 500 g/mol. The smallest absolute Gasteiger partial charge is 0.276 e. The number of carbonyl (C=O) groups is 4. The van der Waals surface area contributed by atoms with Crippen molar-refractivity contribution in [2.45, 2.75) is 56.8 Å². The maximum Gasteiger partial charge on any atom is 0.276 e. The maximum atomic E-state index is 13.6. The number of nitrogens with one attached hydrogen (secondary N) is 1. The van der Waals surface area contributed by atoms with Gasteiger partial charge in [0.15, 0.2) is 5.69 Å². The van der Waals surface area contributed by atoms with Gasteiger partial charge in [-0.15, -0.1) is 5.10 Å². The fourth-order valence-corrected chi connectivity index (χ4v) is 6.25. The molecular formula is C26H25N7O4. The molecule has 188 valence electrons. The number of fused-ring (bicyclic) bond motifs is 3. The summed E-state index contributed by atoms with van der Waals surface area (Å²) in [5, 5.41) is 10.7. The summed E-state index contributed by atoms with van der Waals surface area (Å²) in [7, 11) is 0. The molecule has 37 heavy (non-hydrogen) atoms. The summed E-state index contributed by atoms with van der Waals surface area (Å²) in [5.74, 6) is -1.11. The first-order valence-corrected chi connectivity index (χ1v) is 12.6. The fourth-order valence-electron chi connectivity index (χ4n) is 6.25. The highest BCUT2D eigenvalue weighted by Gasteiger charge is 2.50. The van der Waals surface area contributed by atoms with Gasteiger partial charge < -0.3 is 14.4 Å². The quantitative estimate of drug-likeness (QED) is 0.543. The lowest BCUT2D eigenvalue weighted by Crippen LogP contribution is -2.58. The Hall–Kier alpha value is -4.28. The highest BCUT2D eigenvalue weighted by molar-refractivity contribution is 6.05. The van der Waals surface area contributed by atoms with Crippen LogP contribution in [0.3, 0.4) is 0 Å². The van der Waals surface area contributed by atoms with Crippen molar-refractivity contribution in [3.8, 4) is 5.69 Å². The van der Waals surface area contributed by atoms with Crippen molar-refractivity contribution in [1.29, 1.82) is 0 Å². The molecule has 3 aromatic rings. The summed E-state index contributed by atoms with van der Waals surface area (Å²) < 4.78 is 3.79. The minimum absolute atomic E-state index is 0.126. The molecule has 7 rings (SSSR count). The van der Waals surface area contributed by atoms with Crippen LogP contribution in [0.4, 0.5) is 0 Å². The van der Waals surface area contributed by atoms with E-state index in [1.807, 2.05) is 17.0 Å². The van der Waals surface area contributed by atoms with Crippen LogP contribution >= 0.6 is 0 Å². The van der Waals surface area contributed by atoms with Crippen molar-refractivity contribution in [3.05, 3.63) is 65.2 Å². The first kappa shape index (κ1) is 22.0. The van der Waals surface area contributed by atoms with Crippen LogP contribution in [0.25, 0.3) is 5.69 Å². The molecule has 1 unspecified atom stereocenters. The van der Waals surface area contributed by atoms with Gasteiger partial charge >= 0.3 is 0 Å². The molecule has 1 aromatic carbocycles. The third-order valence-electron chi connectivity index (χ3n) is 8.30. The van der Waals surface area contributed by atoms with E-state index in [-0.39, 0.29) is 41.9 Å². The normalized spacial score (nSPS) is 22.1. The van der Waals surface area contributed by atoms with E-state index in [0.29, 0.717) is 24.2 Å². The molecule has 3 aliphatic heterocycles. The van der Waals surface area contributed by atoms with E-state index in [1.54, 1.807) is 23.0 Å². The Morgan fingerprint density at radius 1 is 1.11 bits per heavy atom. The van der Waals surface area contributed by atoms with E-state index in [2.05, 4.69) is 32.5 Å². The second kappa shape index (κ2) is 7.86. The van der Waals surface area contributed by atoms with Gasteiger partial charge in [0.1, 0.15) is 6.04 Å². The number of benzene rings is 1. The summed E-state index contributed by atoms with van der Waals surface area (Å²) in [4.78, 5) is 53.8. The van der Waals surface area contributed by atoms with Crippen molar-refractivity contribution in [2.24, 2.45) is 0 Å². The molecule has 11 heteroatoms. The molecule has 1 atom stereocenters. The Balaban J connectivity index is 1.13. The second-order valence-electron chi connectivity index (χ2n) is 10.2. The number of amides is 4. The topological polar surface area (TPSA) is 122 Å². The Kier molecular flexibility index (Phi) is 4.66. The Morgan fingerprint density at radius 3 is 2.76 bits per heavy atom. The first-order valence-electron chi connectivity index (χ1n) is 12.6. The molecular weight excluding hydrogens is 474 g/mol. The van der Waals surface area contributed by atoms with Crippen LogP contribution in [-0.4, -0.2) is 65.6 Å². The van der Waals surface area contributed by atoms with E-state index in [0.717, 1.165) is 31.4 Å². The van der Waals surface area contributed by atoms with Gasteiger partial charge in [-0.05, 0) is 61.6 Å². The van der Waals surface area contributed by atoms with Gasteiger partial charge in [-0.2, -0.15) is 0 Å². The second-order valence-corrected chi connectivity index (χ2v) is 10.2. The van der Waals surface area contributed by atoms with Crippen LogP contribution in [0, 0.1) is 0 Å². The summed E-state index contributed by atoms with van der Waals surface area (Å²) in [6, 6.07) is 8.79. The van der Waals surface area contributed by atoms with Gasteiger partial charge in [0.25, 0.3) is 11.8 Å². The summed E-state index contributed by atoms with van der Waals surface area (Å²) in [5.41, 5.74) is 3.17. The standard InChI is InChI=1S/C26H25N7O4/c34-22-7-6-20(23(35)27-22)31-14-16-13-17(4-5-18(16)24(31)36)33-15-19(28-29-33)25(37)32-12-11-30-10-1-3-21(30)26(32)8-2-9-26/h1,3-5,10,13,15,20H,2,6-9,11-12,14H2,(H,27,34,35). The van der Waals surface area contributed by atoms with E-state index >= 15 is 0 Å². The lowest BCUT2D eigenvalue weighted by atomic mass is 9.71. The van der Waals surface area contributed by atoms with Crippen molar-refractivity contribution in [2.75, 3.05) is 6.54 Å². The van der Waals surface area contributed by atoms with E-state index in [9.17, 15) is 19.2 Å². The molecule has 1 saturated heterocycles. The van der Waals surface area contributed by atoms with Crippen LogP contribution < -0.4 is 5.32 Å². The number of aromatic nitrogens is 4. The Labute approximate surface area is 212 Å². The summed E-state index contributed by atoms with van der Waals surface area (Å²) in [6.45, 7) is 1.65. The molecule has 1 N–H and O–H groups in total. The number of imide groups is 1. The molecule has 1 saturated carbocycles. The van der Waals surface area contributed by atoms with Crippen molar-refractivity contribution >= 4 is 23.6 Å². The highest BCUT2D eigenvalue weighted by Crippen LogP contribution is 2.48. The molecule has 2 aromatic heterocycles. The first-order chi connectivity index (χ1) is 17.9. The predicted molar refractivity (Wildman–Crippen MR) is 128 cm³/mol. The number of rotatable bonds is 3. The van der Waals surface area contributed by atoms with Crippen LogP contribution in [0.15, 0.2) is 42.7 Å². The zero-order chi connectivity index (χ0) is 25.3.